The van der Waals surface area contributed by atoms with Gasteiger partial charge in [0.05, 0.1) is 0 Å². The molecular formula is C18H24N4OS. The van der Waals surface area contributed by atoms with Crippen molar-refractivity contribution in [3.05, 3.63) is 45.4 Å². The van der Waals surface area contributed by atoms with Crippen molar-refractivity contribution in [1.82, 2.24) is 9.88 Å². The first-order valence-corrected chi connectivity index (χ1v) is 9.23. The maximum absolute atomic E-state index is 12.4. The smallest absolute Gasteiger partial charge is 0.275 e. The summed E-state index contributed by atoms with van der Waals surface area (Å²) in [5.74, 6) is 0.536. The average molecular weight is 344 g/mol. The molecule has 24 heavy (non-hydrogen) atoms. The standard InChI is InChI=1S/C18H24N4OS/c1-12(2)6-7-22-9-13-4-3-5-15(14(13)10-22)21-18(23)16-11-24-17(8-19)20-16/h3-5,11-12H,6-10,19H2,1-2H3,(H,21,23). The molecule has 0 unspecified atom stereocenters. The highest BCUT2D eigenvalue weighted by Gasteiger charge is 2.22. The second-order valence-corrected chi connectivity index (χ2v) is 7.56. The Morgan fingerprint density at radius 2 is 2.25 bits per heavy atom. The van der Waals surface area contributed by atoms with E-state index in [0.29, 0.717) is 18.2 Å². The predicted molar refractivity (Wildman–Crippen MR) is 98.0 cm³/mol. The molecule has 0 saturated heterocycles. The van der Waals surface area contributed by atoms with Crippen molar-refractivity contribution in [3.8, 4) is 0 Å². The molecule has 6 heteroatoms. The molecule has 5 nitrogen and oxygen atoms in total. The van der Waals surface area contributed by atoms with Gasteiger partial charge in [0.1, 0.15) is 10.7 Å². The van der Waals surface area contributed by atoms with Gasteiger partial charge < -0.3 is 11.1 Å². The third-order valence-corrected chi connectivity index (χ3v) is 5.15. The van der Waals surface area contributed by atoms with E-state index in [-0.39, 0.29) is 5.91 Å². The normalized spacial score (nSPS) is 14.2. The molecule has 2 heterocycles. The Hall–Kier alpha value is -1.76. The molecule has 1 aliphatic heterocycles. The number of nitrogens with one attached hydrogen (secondary N) is 1. The Morgan fingerprint density at radius 3 is 2.96 bits per heavy atom. The number of hydrogen-bond donors (Lipinski definition) is 2. The van der Waals surface area contributed by atoms with E-state index in [1.807, 2.05) is 12.1 Å². The van der Waals surface area contributed by atoms with Crippen LogP contribution in [0.1, 0.15) is 46.9 Å². The summed E-state index contributed by atoms with van der Waals surface area (Å²) >= 11 is 1.42. The monoisotopic (exact) mass is 344 g/mol. The Morgan fingerprint density at radius 1 is 1.42 bits per heavy atom. The van der Waals surface area contributed by atoms with Gasteiger partial charge in [-0.2, -0.15) is 0 Å². The summed E-state index contributed by atoms with van der Waals surface area (Å²) in [6.45, 7) is 7.80. The highest BCUT2D eigenvalue weighted by molar-refractivity contribution is 7.09. The van der Waals surface area contributed by atoms with E-state index < -0.39 is 0 Å². The lowest BCUT2D eigenvalue weighted by atomic mass is 10.1. The van der Waals surface area contributed by atoms with Crippen molar-refractivity contribution in [1.29, 1.82) is 0 Å². The fourth-order valence-electron chi connectivity index (χ4n) is 2.90. The van der Waals surface area contributed by atoms with Crippen LogP contribution in [0.4, 0.5) is 5.69 Å². The summed E-state index contributed by atoms with van der Waals surface area (Å²) in [6, 6.07) is 6.13. The number of aromatic nitrogens is 1. The maximum Gasteiger partial charge on any atom is 0.275 e. The van der Waals surface area contributed by atoms with E-state index in [9.17, 15) is 4.79 Å². The van der Waals surface area contributed by atoms with Gasteiger partial charge in [0, 0.05) is 30.7 Å². The van der Waals surface area contributed by atoms with Gasteiger partial charge in [0.15, 0.2) is 0 Å². The number of carbonyl (C=O) groups is 1. The first kappa shape index (κ1) is 17.1. The van der Waals surface area contributed by atoms with Gasteiger partial charge in [0.25, 0.3) is 5.91 Å². The fraction of sp³-hybridized carbons (Fsp3) is 0.444. The van der Waals surface area contributed by atoms with Gasteiger partial charge in [-0.1, -0.05) is 26.0 Å². The Balaban J connectivity index is 1.70. The minimum atomic E-state index is -0.167. The van der Waals surface area contributed by atoms with Crippen LogP contribution in [0.5, 0.6) is 0 Å². The molecule has 0 bridgehead atoms. The fourth-order valence-corrected chi connectivity index (χ4v) is 3.56. The summed E-state index contributed by atoms with van der Waals surface area (Å²) in [6.07, 6.45) is 1.19. The number of hydrogen-bond acceptors (Lipinski definition) is 5. The zero-order valence-corrected chi connectivity index (χ0v) is 15.0. The van der Waals surface area contributed by atoms with E-state index in [1.165, 1.54) is 28.9 Å². The van der Waals surface area contributed by atoms with E-state index in [2.05, 4.69) is 35.1 Å². The number of anilines is 1. The minimum absolute atomic E-state index is 0.167. The van der Waals surface area contributed by atoms with Crippen LogP contribution in [-0.4, -0.2) is 22.3 Å². The van der Waals surface area contributed by atoms with Crippen LogP contribution in [0.2, 0.25) is 0 Å². The zero-order chi connectivity index (χ0) is 17.1. The number of fused-ring (bicyclic) bond motifs is 1. The summed E-state index contributed by atoms with van der Waals surface area (Å²) in [5, 5.41) is 5.55. The van der Waals surface area contributed by atoms with Crippen molar-refractivity contribution >= 4 is 22.9 Å². The van der Waals surface area contributed by atoms with E-state index in [4.69, 9.17) is 5.73 Å². The summed E-state index contributed by atoms with van der Waals surface area (Å²) in [4.78, 5) is 19.1. The van der Waals surface area contributed by atoms with Crippen molar-refractivity contribution in [2.45, 2.75) is 39.9 Å². The molecule has 1 aliphatic rings. The molecule has 0 aliphatic carbocycles. The topological polar surface area (TPSA) is 71.2 Å². The molecule has 0 saturated carbocycles. The maximum atomic E-state index is 12.4. The Bertz CT molecular complexity index is 726. The van der Waals surface area contributed by atoms with Gasteiger partial charge in [0.2, 0.25) is 0 Å². The van der Waals surface area contributed by atoms with Gasteiger partial charge in [-0.05, 0) is 36.1 Å². The second kappa shape index (κ2) is 7.42. The minimum Gasteiger partial charge on any atom is -0.325 e. The second-order valence-electron chi connectivity index (χ2n) is 6.62. The van der Waals surface area contributed by atoms with Crippen molar-refractivity contribution in [2.24, 2.45) is 11.7 Å². The molecular weight excluding hydrogens is 320 g/mol. The number of rotatable bonds is 6. The lowest BCUT2D eigenvalue weighted by Crippen LogP contribution is -2.19. The molecule has 0 fully saturated rings. The first-order valence-electron chi connectivity index (χ1n) is 8.35. The van der Waals surface area contributed by atoms with Crippen LogP contribution in [0.15, 0.2) is 23.6 Å². The van der Waals surface area contributed by atoms with Crippen LogP contribution in [0.25, 0.3) is 0 Å². The van der Waals surface area contributed by atoms with Gasteiger partial charge in [-0.15, -0.1) is 11.3 Å². The van der Waals surface area contributed by atoms with Crippen LogP contribution in [-0.2, 0) is 19.6 Å². The Labute approximate surface area is 146 Å². The predicted octanol–water partition coefficient (Wildman–Crippen LogP) is 3.22. The van der Waals surface area contributed by atoms with Crippen LogP contribution >= 0.6 is 11.3 Å². The van der Waals surface area contributed by atoms with Crippen molar-refractivity contribution < 1.29 is 4.79 Å². The summed E-state index contributed by atoms with van der Waals surface area (Å²) in [5.41, 5.74) is 9.43. The number of amides is 1. The molecule has 0 atom stereocenters. The number of thiazole rings is 1. The number of carbonyl (C=O) groups excluding carboxylic acids is 1. The average Bonchev–Trinajstić information content (AvgIpc) is 3.20. The lowest BCUT2D eigenvalue weighted by Gasteiger charge is -2.16. The molecule has 1 aromatic heterocycles. The third-order valence-electron chi connectivity index (χ3n) is 4.28. The first-order chi connectivity index (χ1) is 11.6. The van der Waals surface area contributed by atoms with Gasteiger partial charge in [-0.25, -0.2) is 4.98 Å². The molecule has 3 N–H and O–H groups in total. The van der Waals surface area contributed by atoms with Gasteiger partial charge >= 0.3 is 0 Å². The third kappa shape index (κ3) is 3.83. The SMILES string of the molecule is CC(C)CCN1Cc2cccc(NC(=O)c3csc(CN)n3)c2C1. The quantitative estimate of drug-likeness (QED) is 0.844. The van der Waals surface area contributed by atoms with Crippen molar-refractivity contribution in [3.63, 3.8) is 0 Å². The van der Waals surface area contributed by atoms with Crippen LogP contribution in [0.3, 0.4) is 0 Å². The van der Waals surface area contributed by atoms with Gasteiger partial charge in [-0.3, -0.25) is 9.69 Å². The number of nitrogens with two attached hydrogens (primary N) is 1. The molecule has 1 amide bonds. The van der Waals surface area contributed by atoms with Crippen LogP contribution < -0.4 is 11.1 Å². The van der Waals surface area contributed by atoms with Crippen molar-refractivity contribution in [2.75, 3.05) is 11.9 Å². The largest absolute Gasteiger partial charge is 0.325 e. The summed E-state index contributed by atoms with van der Waals surface area (Å²) < 4.78 is 0. The van der Waals surface area contributed by atoms with E-state index in [1.54, 1.807) is 5.38 Å². The van der Waals surface area contributed by atoms with E-state index in [0.717, 1.165) is 30.3 Å². The summed E-state index contributed by atoms with van der Waals surface area (Å²) in [7, 11) is 0. The molecule has 1 aromatic carbocycles. The number of nitrogens with zero attached hydrogens (tertiary/aromatic N) is 2. The zero-order valence-electron chi connectivity index (χ0n) is 14.2. The molecule has 128 valence electrons. The molecule has 0 radical (unpaired) electrons. The molecule has 0 spiro atoms. The highest BCUT2D eigenvalue weighted by Crippen LogP contribution is 2.30. The molecule has 3 rings (SSSR count). The number of benzene rings is 1. The highest BCUT2D eigenvalue weighted by atomic mass is 32.1. The van der Waals surface area contributed by atoms with Crippen LogP contribution in [0, 0.1) is 5.92 Å². The lowest BCUT2D eigenvalue weighted by molar-refractivity contribution is 0.102. The Kier molecular flexibility index (Phi) is 5.28. The van der Waals surface area contributed by atoms with E-state index >= 15 is 0 Å². The molecule has 2 aromatic rings.